The standard InChI is InChI=1S/C21H21N7O/c1-8-4-13(23-3)18-14-11(8)5-12-15(17(12)22)19-16(14)20(26-18)28-21(27-19)29-10-6-24-9(2)25-7-10/h4,6-7,12,15,17,23H,5,22H2,1-3H3,(H,26,27,28). The molecule has 0 saturated heterocycles. The Kier molecular flexibility index (Phi) is 3.24. The van der Waals surface area contributed by atoms with Crippen LogP contribution in [-0.2, 0) is 6.42 Å². The van der Waals surface area contributed by atoms with E-state index in [1.54, 1.807) is 12.4 Å². The summed E-state index contributed by atoms with van der Waals surface area (Å²) < 4.78 is 5.90. The first-order valence-corrected chi connectivity index (χ1v) is 9.80. The smallest absolute Gasteiger partial charge is 0.324 e. The van der Waals surface area contributed by atoms with E-state index in [9.17, 15) is 0 Å². The Morgan fingerprint density at radius 3 is 2.72 bits per heavy atom. The van der Waals surface area contributed by atoms with Crippen LogP contribution in [0.2, 0.25) is 0 Å². The average Bonchev–Trinajstić information content (AvgIpc) is 3.22. The number of nitrogens with zero attached hydrogens (tertiary/aromatic N) is 4. The van der Waals surface area contributed by atoms with Gasteiger partial charge in [-0.2, -0.15) is 9.97 Å². The molecule has 8 heteroatoms. The number of fused-ring (bicyclic) bond motifs is 2. The van der Waals surface area contributed by atoms with E-state index in [0.29, 0.717) is 17.5 Å². The second kappa shape index (κ2) is 5.64. The van der Waals surface area contributed by atoms with Gasteiger partial charge in [0.15, 0.2) is 5.75 Å². The topological polar surface area (TPSA) is 115 Å². The first-order valence-electron chi connectivity index (χ1n) is 9.80. The second-order valence-corrected chi connectivity index (χ2v) is 8.00. The number of aromatic amines is 1. The van der Waals surface area contributed by atoms with E-state index in [1.165, 1.54) is 16.5 Å². The van der Waals surface area contributed by atoms with Gasteiger partial charge in [-0.3, -0.25) is 0 Å². The number of hydrogen-bond acceptors (Lipinski definition) is 7. The predicted molar refractivity (Wildman–Crippen MR) is 110 cm³/mol. The molecule has 0 amide bonds. The number of hydrogen-bond donors (Lipinski definition) is 3. The van der Waals surface area contributed by atoms with Crippen molar-refractivity contribution >= 4 is 27.6 Å². The number of ether oxygens (including phenoxy) is 1. The Morgan fingerprint density at radius 2 is 1.97 bits per heavy atom. The second-order valence-electron chi connectivity index (χ2n) is 8.00. The summed E-state index contributed by atoms with van der Waals surface area (Å²) in [6.45, 7) is 4.00. The highest BCUT2D eigenvalue weighted by Gasteiger charge is 2.52. The largest absolute Gasteiger partial charge is 0.421 e. The maximum absolute atomic E-state index is 6.45. The predicted octanol–water partition coefficient (Wildman–Crippen LogP) is 2.95. The fourth-order valence-electron chi connectivity index (χ4n) is 4.75. The van der Waals surface area contributed by atoms with Crippen LogP contribution in [0, 0.1) is 19.8 Å². The molecule has 2 aliphatic rings. The van der Waals surface area contributed by atoms with Crippen molar-refractivity contribution in [1.29, 1.82) is 0 Å². The molecule has 3 atom stereocenters. The van der Waals surface area contributed by atoms with Crippen LogP contribution < -0.4 is 15.8 Å². The maximum atomic E-state index is 6.45. The third-order valence-corrected chi connectivity index (χ3v) is 6.29. The van der Waals surface area contributed by atoms with E-state index in [0.717, 1.165) is 34.4 Å². The van der Waals surface area contributed by atoms with Crippen LogP contribution >= 0.6 is 0 Å². The molecule has 146 valence electrons. The molecule has 0 spiro atoms. The Bertz CT molecular complexity index is 1290. The number of anilines is 1. The van der Waals surface area contributed by atoms with Crippen molar-refractivity contribution in [1.82, 2.24) is 24.9 Å². The third-order valence-electron chi connectivity index (χ3n) is 6.29. The van der Waals surface area contributed by atoms with E-state index < -0.39 is 0 Å². The highest BCUT2D eigenvalue weighted by atomic mass is 16.5. The lowest BCUT2D eigenvalue weighted by molar-refractivity contribution is 0.437. The zero-order chi connectivity index (χ0) is 19.9. The maximum Gasteiger partial charge on any atom is 0.324 e. The van der Waals surface area contributed by atoms with Crippen LogP contribution in [0.3, 0.4) is 0 Å². The number of rotatable bonds is 3. The molecule has 4 aromatic rings. The normalized spacial score (nSPS) is 22.0. The minimum absolute atomic E-state index is 0.116. The minimum atomic E-state index is 0.116. The van der Waals surface area contributed by atoms with E-state index in [2.05, 4.69) is 38.2 Å². The lowest BCUT2D eigenvalue weighted by atomic mass is 9.97. The number of H-pyrrole nitrogens is 1. The molecule has 1 aromatic carbocycles. The highest BCUT2D eigenvalue weighted by Crippen LogP contribution is 2.54. The fraction of sp³-hybridized carbons (Fsp3) is 0.333. The van der Waals surface area contributed by atoms with Crippen molar-refractivity contribution in [3.05, 3.63) is 41.1 Å². The molecule has 8 nitrogen and oxygen atoms in total. The van der Waals surface area contributed by atoms with Gasteiger partial charge in [0.2, 0.25) is 0 Å². The minimum Gasteiger partial charge on any atom is -0.421 e. The summed E-state index contributed by atoms with van der Waals surface area (Å²) in [6.07, 6.45) is 4.22. The SMILES string of the molecule is CNc1cc(C)c2c3c1[nH]c1nc(Oc4cnc(C)nc4)nc(c13)C1C(N)C1C2. The Labute approximate surface area is 166 Å². The molecule has 3 unspecified atom stereocenters. The number of benzene rings is 1. The molecule has 29 heavy (non-hydrogen) atoms. The summed E-state index contributed by atoms with van der Waals surface area (Å²) in [5.41, 5.74) is 12.9. The molecular weight excluding hydrogens is 366 g/mol. The molecule has 1 saturated carbocycles. The fourth-order valence-corrected chi connectivity index (χ4v) is 4.75. The zero-order valence-electron chi connectivity index (χ0n) is 16.4. The molecule has 3 aromatic heterocycles. The van der Waals surface area contributed by atoms with Crippen LogP contribution in [0.5, 0.6) is 11.8 Å². The number of aryl methyl sites for hydroxylation is 2. The van der Waals surface area contributed by atoms with Crippen LogP contribution in [-0.4, -0.2) is 38.0 Å². The molecule has 0 bridgehead atoms. The first kappa shape index (κ1) is 16.7. The lowest BCUT2D eigenvalue weighted by Crippen LogP contribution is -2.07. The van der Waals surface area contributed by atoms with Gasteiger partial charge in [0.05, 0.1) is 29.3 Å². The summed E-state index contributed by atoms with van der Waals surface area (Å²) in [4.78, 5) is 21.3. The molecule has 3 heterocycles. The Hall–Kier alpha value is -3.26. The summed E-state index contributed by atoms with van der Waals surface area (Å²) in [6, 6.07) is 2.59. The number of nitrogens with one attached hydrogen (secondary N) is 2. The summed E-state index contributed by atoms with van der Waals surface area (Å²) in [5, 5.41) is 5.59. The highest BCUT2D eigenvalue weighted by molar-refractivity contribution is 6.14. The van der Waals surface area contributed by atoms with Crippen molar-refractivity contribution in [2.75, 3.05) is 12.4 Å². The van der Waals surface area contributed by atoms with Crippen molar-refractivity contribution in [2.24, 2.45) is 11.7 Å². The van der Waals surface area contributed by atoms with E-state index >= 15 is 0 Å². The van der Waals surface area contributed by atoms with E-state index in [4.69, 9.17) is 15.5 Å². The van der Waals surface area contributed by atoms with Crippen LogP contribution in [0.15, 0.2) is 18.5 Å². The van der Waals surface area contributed by atoms with E-state index in [-0.39, 0.29) is 18.0 Å². The van der Waals surface area contributed by atoms with Gasteiger partial charge >= 0.3 is 6.01 Å². The Morgan fingerprint density at radius 1 is 1.17 bits per heavy atom. The van der Waals surface area contributed by atoms with Crippen LogP contribution in [0.25, 0.3) is 21.9 Å². The van der Waals surface area contributed by atoms with E-state index in [1.807, 2.05) is 14.0 Å². The average molecular weight is 387 g/mol. The molecule has 4 N–H and O–H groups in total. The molecule has 2 aliphatic carbocycles. The monoisotopic (exact) mass is 387 g/mol. The summed E-state index contributed by atoms with van der Waals surface area (Å²) >= 11 is 0. The lowest BCUT2D eigenvalue weighted by Gasteiger charge is -2.11. The van der Waals surface area contributed by atoms with Gasteiger partial charge in [-0.15, -0.1) is 0 Å². The van der Waals surface area contributed by atoms with Gasteiger partial charge in [-0.25, -0.2) is 9.97 Å². The quantitative estimate of drug-likeness (QED) is 0.495. The van der Waals surface area contributed by atoms with Crippen LogP contribution in [0.4, 0.5) is 5.69 Å². The molecule has 6 rings (SSSR count). The molecule has 0 radical (unpaired) electrons. The summed E-state index contributed by atoms with van der Waals surface area (Å²) in [5.74, 6) is 1.82. The van der Waals surface area contributed by atoms with Gasteiger partial charge in [0, 0.05) is 29.8 Å². The number of nitrogens with two attached hydrogens (primary N) is 1. The van der Waals surface area contributed by atoms with Crippen LogP contribution in [0.1, 0.15) is 28.6 Å². The Balaban J connectivity index is 1.61. The van der Waals surface area contributed by atoms with Gasteiger partial charge < -0.3 is 20.8 Å². The molecule has 1 fully saturated rings. The van der Waals surface area contributed by atoms with Gasteiger partial charge in [-0.1, -0.05) is 0 Å². The van der Waals surface area contributed by atoms with Gasteiger partial charge in [0.1, 0.15) is 11.5 Å². The first-order chi connectivity index (χ1) is 14.0. The third kappa shape index (κ3) is 2.29. The van der Waals surface area contributed by atoms with Crippen molar-refractivity contribution in [3.8, 4) is 11.8 Å². The van der Waals surface area contributed by atoms with Crippen molar-refractivity contribution in [2.45, 2.75) is 32.2 Å². The number of aromatic nitrogens is 5. The van der Waals surface area contributed by atoms with Crippen molar-refractivity contribution in [3.63, 3.8) is 0 Å². The summed E-state index contributed by atoms with van der Waals surface area (Å²) in [7, 11) is 1.94. The van der Waals surface area contributed by atoms with Crippen molar-refractivity contribution < 1.29 is 4.74 Å². The molecular formula is C21H21N7O. The zero-order valence-corrected chi connectivity index (χ0v) is 16.4. The van der Waals surface area contributed by atoms with Gasteiger partial charge in [0.25, 0.3) is 0 Å². The molecule has 0 aliphatic heterocycles. The van der Waals surface area contributed by atoms with Gasteiger partial charge in [-0.05, 0) is 43.4 Å².